The van der Waals surface area contributed by atoms with Crippen molar-refractivity contribution in [2.24, 2.45) is 5.92 Å². The van der Waals surface area contributed by atoms with Crippen LogP contribution in [0.2, 0.25) is 5.02 Å². The highest BCUT2D eigenvalue weighted by Crippen LogP contribution is 2.30. The number of nitrogen functional groups attached to an aromatic ring is 1. The Morgan fingerprint density at radius 3 is 2.15 bits per heavy atom. The van der Waals surface area contributed by atoms with Crippen molar-refractivity contribution in [3.05, 3.63) is 34.9 Å². The lowest BCUT2D eigenvalue weighted by Crippen LogP contribution is -2.56. The molecule has 6 N–H and O–H groups in total. The van der Waals surface area contributed by atoms with Crippen LogP contribution in [0.25, 0.3) is 0 Å². The first-order valence-corrected chi connectivity index (χ1v) is 13.1. The molecule has 0 saturated carbocycles. The summed E-state index contributed by atoms with van der Waals surface area (Å²) >= 11 is 6.10. The van der Waals surface area contributed by atoms with Gasteiger partial charge in [0.25, 0.3) is 5.91 Å². The first-order chi connectivity index (χ1) is 18.4. The number of anilines is 1. The number of hydrogen-bond acceptors (Lipinski definition) is 8. The summed E-state index contributed by atoms with van der Waals surface area (Å²) in [6.45, 7) is 3.47. The Balaban J connectivity index is 0.000000580. The van der Waals surface area contributed by atoms with Crippen LogP contribution in [-0.4, -0.2) is 103 Å². The van der Waals surface area contributed by atoms with Gasteiger partial charge in [0.15, 0.2) is 0 Å². The summed E-state index contributed by atoms with van der Waals surface area (Å²) in [6.07, 6.45) is 4.72. The summed E-state index contributed by atoms with van der Waals surface area (Å²) in [5, 5.41) is 22.4. The molecule has 2 fully saturated rings. The number of likely N-dealkylation sites (tertiary alicyclic amines) is 1. The largest absolute Gasteiger partial charge is 0.496 e. The highest BCUT2D eigenvalue weighted by Gasteiger charge is 2.37. The molecule has 0 aliphatic carbocycles. The summed E-state index contributed by atoms with van der Waals surface area (Å²) in [5.74, 6) is -1.80. The molecule has 2 saturated heterocycles. The van der Waals surface area contributed by atoms with Crippen LogP contribution in [0.1, 0.15) is 36.0 Å². The van der Waals surface area contributed by atoms with E-state index in [-0.39, 0.29) is 23.9 Å². The van der Waals surface area contributed by atoms with Gasteiger partial charge in [-0.15, -0.1) is 0 Å². The summed E-state index contributed by atoms with van der Waals surface area (Å²) in [7, 11) is 5.16. The van der Waals surface area contributed by atoms with Crippen molar-refractivity contribution in [1.29, 1.82) is 0 Å². The van der Waals surface area contributed by atoms with Crippen LogP contribution in [0.15, 0.2) is 24.3 Å². The van der Waals surface area contributed by atoms with Crippen molar-refractivity contribution in [2.45, 2.75) is 37.8 Å². The Kier molecular flexibility index (Phi) is 12.5. The highest BCUT2D eigenvalue weighted by atomic mass is 35.5. The molecule has 1 aromatic rings. The average molecular weight is 568 g/mol. The number of aliphatic carboxylic acids is 2. The van der Waals surface area contributed by atoms with Crippen molar-refractivity contribution < 1.29 is 34.1 Å². The number of carbonyl (C=O) groups is 4. The van der Waals surface area contributed by atoms with Gasteiger partial charge < -0.3 is 36.2 Å². The number of nitrogens with two attached hydrogens (primary N) is 1. The number of halogens is 1. The molecule has 0 radical (unpaired) electrons. The van der Waals surface area contributed by atoms with E-state index in [0.29, 0.717) is 40.1 Å². The van der Waals surface area contributed by atoms with Crippen LogP contribution in [-0.2, 0) is 14.4 Å². The summed E-state index contributed by atoms with van der Waals surface area (Å²) in [5.41, 5.74) is 6.56. The van der Waals surface area contributed by atoms with E-state index in [0.717, 1.165) is 51.9 Å². The Morgan fingerprint density at radius 1 is 1.10 bits per heavy atom. The number of rotatable bonds is 8. The third-order valence-corrected chi connectivity index (χ3v) is 7.04. The zero-order valence-corrected chi connectivity index (χ0v) is 23.2. The quantitative estimate of drug-likeness (QED) is 0.227. The zero-order valence-electron chi connectivity index (χ0n) is 22.5. The zero-order chi connectivity index (χ0) is 29.1. The van der Waals surface area contributed by atoms with Gasteiger partial charge in [0.1, 0.15) is 5.75 Å². The molecule has 1 unspecified atom stereocenters. The number of nitrogens with zero attached hydrogens (tertiary/aromatic N) is 2. The van der Waals surface area contributed by atoms with E-state index in [1.54, 1.807) is 17.0 Å². The predicted molar refractivity (Wildman–Crippen MR) is 147 cm³/mol. The van der Waals surface area contributed by atoms with E-state index in [9.17, 15) is 19.2 Å². The second kappa shape index (κ2) is 15.3. The number of nitrogens with one attached hydrogen (secondary N) is 2. The number of ether oxygens (including phenoxy) is 1. The Hall–Kier alpha value is -3.35. The van der Waals surface area contributed by atoms with Gasteiger partial charge in [-0.1, -0.05) is 11.6 Å². The number of amides is 2. The number of carboxylic acids is 2. The van der Waals surface area contributed by atoms with Crippen molar-refractivity contribution in [3.63, 3.8) is 0 Å². The minimum atomic E-state index is -1.26. The number of benzene rings is 1. The number of likely N-dealkylation sites (N-methyl/N-ethyl adjacent to an activating group) is 1. The van der Waals surface area contributed by atoms with Gasteiger partial charge in [-0.3, -0.25) is 14.5 Å². The lowest BCUT2D eigenvalue weighted by molar-refractivity contribution is -0.137. The molecule has 39 heavy (non-hydrogen) atoms. The van der Waals surface area contributed by atoms with Gasteiger partial charge in [-0.05, 0) is 50.8 Å². The second-order valence-corrected chi connectivity index (χ2v) is 10.0. The summed E-state index contributed by atoms with van der Waals surface area (Å²) in [4.78, 5) is 48.9. The van der Waals surface area contributed by atoms with Crippen molar-refractivity contribution in [1.82, 2.24) is 20.4 Å². The van der Waals surface area contributed by atoms with E-state index in [4.69, 9.17) is 32.3 Å². The van der Waals surface area contributed by atoms with E-state index < -0.39 is 11.9 Å². The fraction of sp³-hybridized carbons (Fsp3) is 0.538. The summed E-state index contributed by atoms with van der Waals surface area (Å²) in [6, 6.07) is 3.05. The Labute approximate surface area is 233 Å². The minimum absolute atomic E-state index is 0.0351. The fourth-order valence-electron chi connectivity index (χ4n) is 4.72. The minimum Gasteiger partial charge on any atom is -0.496 e. The molecule has 0 spiro atoms. The molecule has 216 valence electrons. The van der Waals surface area contributed by atoms with Crippen molar-refractivity contribution >= 4 is 41.0 Å². The first-order valence-electron chi connectivity index (χ1n) is 12.7. The van der Waals surface area contributed by atoms with Crippen LogP contribution in [0.3, 0.4) is 0 Å². The van der Waals surface area contributed by atoms with Crippen molar-refractivity contribution in [3.8, 4) is 5.75 Å². The number of piperidine rings is 2. The van der Waals surface area contributed by atoms with Crippen LogP contribution < -0.4 is 21.1 Å². The normalized spacial score (nSPS) is 17.5. The molecule has 0 bridgehead atoms. The molecule has 12 nitrogen and oxygen atoms in total. The molecule has 2 aliphatic rings. The molecule has 13 heteroatoms. The van der Waals surface area contributed by atoms with Crippen LogP contribution >= 0.6 is 11.6 Å². The highest BCUT2D eigenvalue weighted by molar-refractivity contribution is 6.33. The van der Waals surface area contributed by atoms with E-state index in [2.05, 4.69) is 15.5 Å². The van der Waals surface area contributed by atoms with Gasteiger partial charge >= 0.3 is 11.9 Å². The topological polar surface area (TPSA) is 175 Å². The number of carboxylic acid groups (broad SMARTS) is 2. The number of methoxy groups -OCH3 is 1. The number of carbonyl (C=O) groups excluding carboxylic acids is 2. The maximum absolute atomic E-state index is 13.0. The molecule has 2 heterocycles. The molecule has 1 aromatic carbocycles. The van der Waals surface area contributed by atoms with E-state index in [1.807, 2.05) is 14.1 Å². The van der Waals surface area contributed by atoms with Crippen LogP contribution in [0, 0.1) is 5.92 Å². The third kappa shape index (κ3) is 9.72. The smallest absolute Gasteiger partial charge is 0.328 e. The molecule has 2 amide bonds. The SMILES string of the molecule is COc1cc(N)c(Cl)cc1C(=O)NC1CCN(C(C(=O)N(C)C)C2CCNCC2)CC1.O=C(O)C=CC(=O)O. The molecule has 1 atom stereocenters. The second-order valence-electron chi connectivity index (χ2n) is 9.63. The lowest BCUT2D eigenvalue weighted by Gasteiger charge is -2.42. The standard InChI is InChI=1S/C22H34ClN5O3.C4H4O4/c1-27(2)22(30)20(14-4-8-25-9-5-14)28-10-6-15(7-11-28)26-21(29)16-12-17(23)18(24)13-19(16)31-3;5-3(6)1-2-4(7)8/h12-15,20,25H,4-11,24H2,1-3H3,(H,26,29);1-2H,(H,5,6)(H,7,8). The molecule has 0 aromatic heterocycles. The third-order valence-electron chi connectivity index (χ3n) is 6.71. The van der Waals surface area contributed by atoms with Crippen molar-refractivity contribution in [2.75, 3.05) is 53.1 Å². The maximum Gasteiger partial charge on any atom is 0.328 e. The van der Waals surface area contributed by atoms with Gasteiger partial charge in [0.2, 0.25) is 5.91 Å². The Bertz CT molecular complexity index is 1040. The van der Waals surface area contributed by atoms with Gasteiger partial charge in [0.05, 0.1) is 29.4 Å². The molecule has 2 aliphatic heterocycles. The van der Waals surface area contributed by atoms with Crippen LogP contribution in [0.4, 0.5) is 5.69 Å². The van der Waals surface area contributed by atoms with E-state index in [1.165, 1.54) is 7.11 Å². The van der Waals surface area contributed by atoms with Gasteiger partial charge in [0, 0.05) is 51.4 Å². The Morgan fingerprint density at radius 2 is 1.67 bits per heavy atom. The fourth-order valence-corrected chi connectivity index (χ4v) is 4.89. The summed E-state index contributed by atoms with van der Waals surface area (Å²) < 4.78 is 5.30. The first kappa shape index (κ1) is 31.9. The maximum atomic E-state index is 13.0. The van der Waals surface area contributed by atoms with Crippen LogP contribution in [0.5, 0.6) is 5.75 Å². The average Bonchev–Trinajstić information content (AvgIpc) is 2.90. The molecular weight excluding hydrogens is 530 g/mol. The monoisotopic (exact) mass is 567 g/mol. The predicted octanol–water partition coefficient (Wildman–Crippen LogP) is 1.29. The van der Waals surface area contributed by atoms with Gasteiger partial charge in [-0.2, -0.15) is 0 Å². The number of hydrogen-bond donors (Lipinski definition) is 5. The molecule has 3 rings (SSSR count). The van der Waals surface area contributed by atoms with Gasteiger partial charge in [-0.25, -0.2) is 9.59 Å². The lowest BCUT2D eigenvalue weighted by atomic mass is 9.87. The van der Waals surface area contributed by atoms with E-state index >= 15 is 0 Å². The molecular formula is C26H38ClN5O7.